The maximum absolute atomic E-state index is 11.2. The van der Waals surface area contributed by atoms with Crippen molar-refractivity contribution in [2.45, 2.75) is 12.5 Å². The summed E-state index contributed by atoms with van der Waals surface area (Å²) >= 11 is 0. The molecule has 0 saturated carbocycles. The summed E-state index contributed by atoms with van der Waals surface area (Å²) in [5.41, 5.74) is 3.28. The third-order valence-electron chi connectivity index (χ3n) is 3.43. The number of hydrogen-bond acceptors (Lipinski definition) is 3. The first-order valence-corrected chi connectivity index (χ1v) is 5.60. The second-order valence-corrected chi connectivity index (χ2v) is 4.49. The Balaban J connectivity index is 1.86. The van der Waals surface area contributed by atoms with Gasteiger partial charge in [-0.2, -0.15) is 0 Å². The Morgan fingerprint density at radius 1 is 1.38 bits per heavy atom. The van der Waals surface area contributed by atoms with Crippen LogP contribution in [0.2, 0.25) is 0 Å². The summed E-state index contributed by atoms with van der Waals surface area (Å²) in [5.74, 6) is 0.0973. The fourth-order valence-electron chi connectivity index (χ4n) is 2.19. The van der Waals surface area contributed by atoms with Crippen LogP contribution < -0.4 is 15.5 Å². The monoisotopic (exact) mass is 217 g/mol. The molecule has 1 saturated heterocycles. The normalized spacial score (nSPS) is 18.9. The van der Waals surface area contributed by atoms with Gasteiger partial charge in [0.05, 0.1) is 12.5 Å². The second-order valence-electron chi connectivity index (χ2n) is 4.49. The molecule has 0 unspecified atom stereocenters. The van der Waals surface area contributed by atoms with Gasteiger partial charge < -0.3 is 15.5 Å². The molecule has 0 atom stereocenters. The standard InChI is InChI=1S/C12H15N3O/c1-15(10-6-13-7-10)9-2-3-11-8(4-9)5-12(16)14-11/h2-4,10,13H,5-7H2,1H3,(H,14,16). The lowest BCUT2D eigenvalue weighted by Gasteiger charge is -2.37. The molecule has 1 aromatic carbocycles. The van der Waals surface area contributed by atoms with Gasteiger partial charge in [0.15, 0.2) is 0 Å². The lowest BCUT2D eigenvalue weighted by atomic mass is 10.1. The van der Waals surface area contributed by atoms with E-state index in [1.165, 1.54) is 5.69 Å². The molecule has 0 spiro atoms. The number of carbonyl (C=O) groups excluding carboxylic acids is 1. The van der Waals surface area contributed by atoms with E-state index in [0.29, 0.717) is 12.5 Å². The highest BCUT2D eigenvalue weighted by atomic mass is 16.1. The molecule has 0 aromatic heterocycles. The number of carbonyl (C=O) groups is 1. The van der Waals surface area contributed by atoms with Crippen LogP contribution in [-0.2, 0) is 11.2 Å². The summed E-state index contributed by atoms with van der Waals surface area (Å²) in [7, 11) is 2.11. The van der Waals surface area contributed by atoms with Crippen LogP contribution in [0.1, 0.15) is 5.56 Å². The highest BCUT2D eigenvalue weighted by molar-refractivity contribution is 5.99. The second kappa shape index (κ2) is 3.49. The Morgan fingerprint density at radius 2 is 2.19 bits per heavy atom. The molecule has 1 aromatic rings. The third-order valence-corrected chi connectivity index (χ3v) is 3.43. The predicted molar refractivity (Wildman–Crippen MR) is 63.8 cm³/mol. The van der Waals surface area contributed by atoms with Crippen LogP contribution in [-0.4, -0.2) is 32.1 Å². The zero-order valence-electron chi connectivity index (χ0n) is 9.29. The maximum atomic E-state index is 11.2. The molecule has 2 heterocycles. The maximum Gasteiger partial charge on any atom is 0.228 e. The predicted octanol–water partition coefficient (Wildman–Crippen LogP) is 0.589. The minimum Gasteiger partial charge on any atom is -0.369 e. The van der Waals surface area contributed by atoms with E-state index in [9.17, 15) is 4.79 Å². The SMILES string of the molecule is CN(c1ccc2c(c1)CC(=O)N2)C1CNC1. The van der Waals surface area contributed by atoms with Gasteiger partial charge in [0.2, 0.25) is 5.91 Å². The Kier molecular flexibility index (Phi) is 2.11. The third kappa shape index (κ3) is 1.46. The lowest BCUT2D eigenvalue weighted by molar-refractivity contribution is -0.115. The molecule has 84 valence electrons. The molecule has 4 heteroatoms. The first kappa shape index (κ1) is 9.66. The molecular formula is C12H15N3O. The van der Waals surface area contributed by atoms with Gasteiger partial charge in [-0.15, -0.1) is 0 Å². The van der Waals surface area contributed by atoms with Crippen molar-refractivity contribution >= 4 is 17.3 Å². The quantitative estimate of drug-likeness (QED) is 0.762. The van der Waals surface area contributed by atoms with E-state index in [2.05, 4.69) is 34.7 Å². The molecule has 0 bridgehead atoms. The fourth-order valence-corrected chi connectivity index (χ4v) is 2.19. The van der Waals surface area contributed by atoms with Crippen LogP contribution in [0, 0.1) is 0 Å². The largest absolute Gasteiger partial charge is 0.369 e. The molecule has 2 N–H and O–H groups in total. The smallest absolute Gasteiger partial charge is 0.228 e. The minimum absolute atomic E-state index is 0.0973. The van der Waals surface area contributed by atoms with E-state index in [4.69, 9.17) is 0 Å². The summed E-state index contributed by atoms with van der Waals surface area (Å²) in [6.45, 7) is 2.09. The number of nitrogens with zero attached hydrogens (tertiary/aromatic N) is 1. The van der Waals surface area contributed by atoms with Gasteiger partial charge in [-0.3, -0.25) is 4.79 Å². The Bertz CT molecular complexity index is 440. The lowest BCUT2D eigenvalue weighted by Crippen LogP contribution is -2.56. The van der Waals surface area contributed by atoms with Crippen molar-refractivity contribution in [1.82, 2.24) is 5.32 Å². The van der Waals surface area contributed by atoms with Gasteiger partial charge in [0, 0.05) is 31.5 Å². The van der Waals surface area contributed by atoms with E-state index in [1.807, 2.05) is 6.07 Å². The average molecular weight is 217 g/mol. The van der Waals surface area contributed by atoms with Gasteiger partial charge in [-0.25, -0.2) is 0 Å². The number of amides is 1. The fraction of sp³-hybridized carbons (Fsp3) is 0.417. The molecule has 1 amide bonds. The highest BCUT2D eigenvalue weighted by Gasteiger charge is 2.23. The summed E-state index contributed by atoms with van der Waals surface area (Å²) in [6, 6.07) is 6.77. The number of likely N-dealkylation sites (N-methyl/N-ethyl adjacent to an activating group) is 1. The van der Waals surface area contributed by atoms with Crippen molar-refractivity contribution in [2.75, 3.05) is 30.4 Å². The Labute approximate surface area is 94.6 Å². The van der Waals surface area contributed by atoms with Crippen LogP contribution in [0.3, 0.4) is 0 Å². The van der Waals surface area contributed by atoms with Crippen molar-refractivity contribution in [3.05, 3.63) is 23.8 Å². The zero-order chi connectivity index (χ0) is 11.1. The number of anilines is 2. The van der Waals surface area contributed by atoms with Crippen molar-refractivity contribution < 1.29 is 4.79 Å². The molecule has 2 aliphatic heterocycles. The van der Waals surface area contributed by atoms with Crippen molar-refractivity contribution in [3.63, 3.8) is 0 Å². The van der Waals surface area contributed by atoms with Crippen LogP contribution in [0.4, 0.5) is 11.4 Å². The van der Waals surface area contributed by atoms with Gasteiger partial charge in [0.25, 0.3) is 0 Å². The Morgan fingerprint density at radius 3 is 2.88 bits per heavy atom. The van der Waals surface area contributed by atoms with Crippen LogP contribution >= 0.6 is 0 Å². The van der Waals surface area contributed by atoms with Crippen LogP contribution in [0.15, 0.2) is 18.2 Å². The van der Waals surface area contributed by atoms with Crippen molar-refractivity contribution in [2.24, 2.45) is 0 Å². The molecule has 2 aliphatic rings. The number of benzene rings is 1. The molecule has 0 radical (unpaired) electrons. The number of fused-ring (bicyclic) bond motifs is 1. The van der Waals surface area contributed by atoms with E-state index < -0.39 is 0 Å². The number of rotatable bonds is 2. The van der Waals surface area contributed by atoms with E-state index in [1.54, 1.807) is 0 Å². The van der Waals surface area contributed by atoms with E-state index in [0.717, 1.165) is 24.3 Å². The molecular weight excluding hydrogens is 202 g/mol. The molecule has 0 aliphatic carbocycles. The average Bonchev–Trinajstić information content (AvgIpc) is 2.53. The summed E-state index contributed by atoms with van der Waals surface area (Å²) in [4.78, 5) is 13.5. The molecule has 3 rings (SSSR count). The first-order valence-electron chi connectivity index (χ1n) is 5.60. The number of hydrogen-bond donors (Lipinski definition) is 2. The van der Waals surface area contributed by atoms with Crippen LogP contribution in [0.25, 0.3) is 0 Å². The zero-order valence-corrected chi connectivity index (χ0v) is 9.29. The van der Waals surface area contributed by atoms with E-state index in [-0.39, 0.29) is 5.91 Å². The number of nitrogens with one attached hydrogen (secondary N) is 2. The topological polar surface area (TPSA) is 44.4 Å². The molecule has 16 heavy (non-hydrogen) atoms. The summed E-state index contributed by atoms with van der Waals surface area (Å²) in [5, 5.41) is 6.11. The molecule has 1 fully saturated rings. The van der Waals surface area contributed by atoms with Gasteiger partial charge >= 0.3 is 0 Å². The summed E-state index contributed by atoms with van der Waals surface area (Å²) < 4.78 is 0. The minimum atomic E-state index is 0.0973. The van der Waals surface area contributed by atoms with Crippen molar-refractivity contribution in [1.29, 1.82) is 0 Å². The molecule has 4 nitrogen and oxygen atoms in total. The van der Waals surface area contributed by atoms with Gasteiger partial charge in [0.1, 0.15) is 0 Å². The first-order chi connectivity index (χ1) is 7.74. The highest BCUT2D eigenvalue weighted by Crippen LogP contribution is 2.28. The van der Waals surface area contributed by atoms with E-state index >= 15 is 0 Å². The van der Waals surface area contributed by atoms with Crippen LogP contribution in [0.5, 0.6) is 0 Å². The van der Waals surface area contributed by atoms with Crippen molar-refractivity contribution in [3.8, 4) is 0 Å². The summed E-state index contributed by atoms with van der Waals surface area (Å²) in [6.07, 6.45) is 0.514. The Hall–Kier alpha value is -1.55. The van der Waals surface area contributed by atoms with Gasteiger partial charge in [-0.05, 0) is 23.8 Å². The van der Waals surface area contributed by atoms with Gasteiger partial charge in [-0.1, -0.05) is 0 Å².